The molecule has 0 saturated carbocycles. The second-order valence-electron chi connectivity index (χ2n) is 3.80. The Bertz CT molecular complexity index is 449. The molecule has 1 aromatic heterocycles. The predicted molar refractivity (Wildman–Crippen MR) is 63.1 cm³/mol. The summed E-state index contributed by atoms with van der Waals surface area (Å²) < 4.78 is 0. The molecule has 0 saturated heterocycles. The second kappa shape index (κ2) is 5.12. The predicted octanol–water partition coefficient (Wildman–Crippen LogP) is 0.611. The summed E-state index contributed by atoms with van der Waals surface area (Å²) in [5, 5.41) is 22.2. The molecule has 0 aliphatic heterocycles. The third-order valence-corrected chi connectivity index (χ3v) is 2.70. The number of H-pyrrole nitrogens is 1. The van der Waals surface area contributed by atoms with Crippen LogP contribution in [0.3, 0.4) is 0 Å². The molecule has 0 unspecified atom stereocenters. The number of aromatic amines is 1. The Morgan fingerprint density at radius 1 is 1.19 bits per heavy atom. The van der Waals surface area contributed by atoms with Gasteiger partial charge in [-0.3, -0.25) is 0 Å². The van der Waals surface area contributed by atoms with E-state index in [0.717, 1.165) is 11.1 Å². The van der Waals surface area contributed by atoms with Crippen molar-refractivity contribution in [2.24, 2.45) is 0 Å². The molecule has 0 aliphatic carbocycles. The average molecular weight is 220 g/mol. The molecule has 0 aliphatic rings. The van der Waals surface area contributed by atoms with Gasteiger partial charge < -0.3 is 20.5 Å². The van der Waals surface area contributed by atoms with Crippen LogP contribution in [0.15, 0.2) is 30.5 Å². The Morgan fingerprint density at radius 3 is 2.75 bits per heavy atom. The van der Waals surface area contributed by atoms with Crippen molar-refractivity contribution in [2.45, 2.75) is 12.6 Å². The van der Waals surface area contributed by atoms with Crippen molar-refractivity contribution in [1.82, 2.24) is 10.3 Å². The number of fused-ring (bicyclic) bond motifs is 1. The fourth-order valence-electron chi connectivity index (χ4n) is 1.74. The molecule has 4 nitrogen and oxygen atoms in total. The van der Waals surface area contributed by atoms with Gasteiger partial charge in [-0.05, 0) is 17.0 Å². The van der Waals surface area contributed by atoms with Crippen molar-refractivity contribution in [2.75, 3.05) is 13.2 Å². The van der Waals surface area contributed by atoms with E-state index in [1.54, 1.807) is 0 Å². The fourth-order valence-corrected chi connectivity index (χ4v) is 1.74. The van der Waals surface area contributed by atoms with Gasteiger partial charge in [-0.15, -0.1) is 0 Å². The Balaban J connectivity index is 2.11. The Morgan fingerprint density at radius 2 is 2.00 bits per heavy atom. The van der Waals surface area contributed by atoms with Gasteiger partial charge in [-0.25, -0.2) is 0 Å². The molecule has 1 heterocycles. The summed E-state index contributed by atoms with van der Waals surface area (Å²) in [5.41, 5.74) is 2.24. The highest BCUT2D eigenvalue weighted by atomic mass is 16.3. The number of hydrogen-bond donors (Lipinski definition) is 4. The summed E-state index contributed by atoms with van der Waals surface area (Å²) in [6.07, 6.45) is 1.91. The van der Waals surface area contributed by atoms with Gasteiger partial charge in [0.2, 0.25) is 0 Å². The molecule has 2 rings (SSSR count). The number of aliphatic hydroxyl groups excluding tert-OH is 2. The van der Waals surface area contributed by atoms with Gasteiger partial charge in [-0.2, -0.15) is 0 Å². The van der Waals surface area contributed by atoms with E-state index in [1.807, 2.05) is 30.5 Å². The first-order valence-corrected chi connectivity index (χ1v) is 5.35. The molecular formula is C12H16N2O2. The molecule has 0 amide bonds. The first-order chi connectivity index (χ1) is 7.85. The molecule has 16 heavy (non-hydrogen) atoms. The maximum absolute atomic E-state index is 8.95. The standard InChI is InChI=1S/C12H16N2O2/c15-7-11(8-16)14-6-10-3-1-2-9-4-5-13-12(9)10/h1-5,11,13-16H,6-8H2. The van der Waals surface area contributed by atoms with Crippen molar-refractivity contribution in [3.8, 4) is 0 Å². The maximum Gasteiger partial charge on any atom is 0.0607 e. The minimum atomic E-state index is -0.259. The highest BCUT2D eigenvalue weighted by Crippen LogP contribution is 2.16. The summed E-state index contributed by atoms with van der Waals surface area (Å²) in [7, 11) is 0. The van der Waals surface area contributed by atoms with Crippen molar-refractivity contribution in [3.05, 3.63) is 36.0 Å². The van der Waals surface area contributed by atoms with Crippen molar-refractivity contribution in [3.63, 3.8) is 0 Å². The quantitative estimate of drug-likeness (QED) is 0.597. The van der Waals surface area contributed by atoms with Crippen LogP contribution in [0.25, 0.3) is 10.9 Å². The van der Waals surface area contributed by atoms with E-state index in [-0.39, 0.29) is 19.3 Å². The summed E-state index contributed by atoms with van der Waals surface area (Å²) in [6.45, 7) is 0.512. The van der Waals surface area contributed by atoms with Gasteiger partial charge in [0.25, 0.3) is 0 Å². The Hall–Kier alpha value is -1.36. The lowest BCUT2D eigenvalue weighted by molar-refractivity contribution is 0.170. The molecular weight excluding hydrogens is 204 g/mol. The van der Waals surface area contributed by atoms with Crippen LogP contribution in [-0.2, 0) is 6.54 Å². The molecule has 2 aromatic rings. The van der Waals surface area contributed by atoms with E-state index in [1.165, 1.54) is 5.39 Å². The molecule has 0 radical (unpaired) electrons. The average Bonchev–Trinajstić information content (AvgIpc) is 2.79. The first-order valence-electron chi connectivity index (χ1n) is 5.35. The normalized spacial score (nSPS) is 11.4. The van der Waals surface area contributed by atoms with Crippen LogP contribution < -0.4 is 5.32 Å². The van der Waals surface area contributed by atoms with Crippen molar-refractivity contribution in [1.29, 1.82) is 0 Å². The van der Waals surface area contributed by atoms with Gasteiger partial charge in [0.15, 0.2) is 0 Å². The number of para-hydroxylation sites is 1. The van der Waals surface area contributed by atoms with Crippen LogP contribution in [0.1, 0.15) is 5.56 Å². The van der Waals surface area contributed by atoms with Gasteiger partial charge in [0, 0.05) is 18.3 Å². The van der Waals surface area contributed by atoms with Crippen LogP contribution >= 0.6 is 0 Å². The van der Waals surface area contributed by atoms with Crippen LogP contribution in [0, 0.1) is 0 Å². The minimum absolute atomic E-state index is 0.0583. The SMILES string of the molecule is OCC(CO)NCc1cccc2cc[nH]c12. The summed E-state index contributed by atoms with van der Waals surface area (Å²) >= 11 is 0. The zero-order valence-electron chi connectivity index (χ0n) is 8.98. The molecule has 4 N–H and O–H groups in total. The van der Waals surface area contributed by atoms with Crippen LogP contribution in [-0.4, -0.2) is 34.5 Å². The first kappa shape index (κ1) is 11.1. The third kappa shape index (κ3) is 2.24. The lowest BCUT2D eigenvalue weighted by Gasteiger charge is -2.13. The summed E-state index contributed by atoms with van der Waals surface area (Å²) in [5.74, 6) is 0. The highest BCUT2D eigenvalue weighted by molar-refractivity contribution is 5.82. The minimum Gasteiger partial charge on any atom is -0.395 e. The lowest BCUT2D eigenvalue weighted by Crippen LogP contribution is -2.35. The zero-order valence-corrected chi connectivity index (χ0v) is 8.98. The number of rotatable bonds is 5. The topological polar surface area (TPSA) is 68.3 Å². The second-order valence-corrected chi connectivity index (χ2v) is 3.80. The van der Waals surface area contributed by atoms with Gasteiger partial charge in [-0.1, -0.05) is 18.2 Å². The van der Waals surface area contributed by atoms with Crippen LogP contribution in [0.2, 0.25) is 0 Å². The molecule has 0 spiro atoms. The van der Waals surface area contributed by atoms with E-state index in [4.69, 9.17) is 10.2 Å². The summed E-state index contributed by atoms with van der Waals surface area (Å²) in [6, 6.07) is 7.84. The van der Waals surface area contributed by atoms with E-state index < -0.39 is 0 Å². The number of hydrogen-bond acceptors (Lipinski definition) is 3. The van der Waals surface area contributed by atoms with Crippen LogP contribution in [0.4, 0.5) is 0 Å². The van der Waals surface area contributed by atoms with E-state index >= 15 is 0 Å². The molecule has 1 aromatic carbocycles. The van der Waals surface area contributed by atoms with E-state index in [9.17, 15) is 0 Å². The molecule has 0 atom stereocenters. The summed E-state index contributed by atoms with van der Waals surface area (Å²) in [4.78, 5) is 3.18. The molecule has 4 heteroatoms. The number of nitrogens with one attached hydrogen (secondary N) is 2. The zero-order chi connectivity index (χ0) is 11.4. The smallest absolute Gasteiger partial charge is 0.0607 e. The lowest BCUT2D eigenvalue weighted by atomic mass is 10.1. The molecule has 0 bridgehead atoms. The Kier molecular flexibility index (Phi) is 3.56. The highest BCUT2D eigenvalue weighted by Gasteiger charge is 2.06. The van der Waals surface area contributed by atoms with Gasteiger partial charge in [0.05, 0.1) is 19.3 Å². The van der Waals surface area contributed by atoms with Crippen molar-refractivity contribution >= 4 is 10.9 Å². The van der Waals surface area contributed by atoms with Crippen LogP contribution in [0.5, 0.6) is 0 Å². The number of aromatic nitrogens is 1. The fraction of sp³-hybridized carbons (Fsp3) is 0.333. The molecule has 0 fully saturated rings. The van der Waals surface area contributed by atoms with E-state index in [2.05, 4.69) is 10.3 Å². The van der Waals surface area contributed by atoms with E-state index in [0.29, 0.717) is 6.54 Å². The van der Waals surface area contributed by atoms with Gasteiger partial charge >= 0.3 is 0 Å². The number of benzene rings is 1. The largest absolute Gasteiger partial charge is 0.395 e. The third-order valence-electron chi connectivity index (χ3n) is 2.70. The van der Waals surface area contributed by atoms with Gasteiger partial charge in [0.1, 0.15) is 0 Å². The maximum atomic E-state index is 8.95. The number of aliphatic hydroxyl groups is 2. The Labute approximate surface area is 93.9 Å². The van der Waals surface area contributed by atoms with Crippen molar-refractivity contribution < 1.29 is 10.2 Å². The monoisotopic (exact) mass is 220 g/mol. The molecule has 86 valence electrons.